The normalized spacial score (nSPS) is 10.9. The highest BCUT2D eigenvalue weighted by Crippen LogP contribution is 2.48. The molecule has 0 fully saturated rings. The van der Waals surface area contributed by atoms with Crippen LogP contribution in [0.4, 0.5) is 4.39 Å². The van der Waals surface area contributed by atoms with Gasteiger partial charge in [-0.15, -0.1) is 0 Å². The molecule has 0 aliphatic heterocycles. The van der Waals surface area contributed by atoms with Gasteiger partial charge >= 0.3 is 0 Å². The van der Waals surface area contributed by atoms with Crippen LogP contribution in [0.25, 0.3) is 11.1 Å². The molecule has 0 nitrogen and oxygen atoms in total. The maximum atomic E-state index is 13.5. The largest absolute Gasteiger partial charge is 0.207 e. The van der Waals surface area contributed by atoms with Gasteiger partial charge in [0.25, 0.3) is 0 Å². The summed E-state index contributed by atoms with van der Waals surface area (Å²) in [5.41, 5.74) is 1.50. The van der Waals surface area contributed by atoms with Gasteiger partial charge in [0, 0.05) is 10.9 Å². The Morgan fingerprint density at radius 2 is 1.35 bits per heavy atom. The van der Waals surface area contributed by atoms with Crippen molar-refractivity contribution in [3.8, 4) is 11.1 Å². The summed E-state index contributed by atoms with van der Waals surface area (Å²) in [6.07, 6.45) is 0. The lowest BCUT2D eigenvalue weighted by atomic mass is 10.0. The summed E-state index contributed by atoms with van der Waals surface area (Å²) in [7, 11) is 0. The number of alkyl halides is 1. The fourth-order valence-corrected chi connectivity index (χ4v) is 3.48. The molecule has 0 saturated carbocycles. The quantitative estimate of drug-likeness (QED) is 0.257. The first-order valence-corrected chi connectivity index (χ1v) is 8.25. The van der Waals surface area contributed by atoms with E-state index >= 15 is 0 Å². The number of rotatable bonds is 2. The van der Waals surface area contributed by atoms with Gasteiger partial charge in [-0.2, -0.15) is 0 Å². The third-order valence-corrected chi connectivity index (χ3v) is 5.57. The molecule has 0 bridgehead atoms. The van der Waals surface area contributed by atoms with E-state index in [0.29, 0.717) is 22.0 Å². The van der Waals surface area contributed by atoms with Gasteiger partial charge in [-0.1, -0.05) is 80.0 Å². The van der Waals surface area contributed by atoms with Gasteiger partial charge in [0.2, 0.25) is 0 Å². The van der Waals surface area contributed by atoms with Crippen molar-refractivity contribution in [3.05, 3.63) is 54.7 Å². The minimum absolute atomic E-state index is 0.0925. The Kier molecular flexibility index (Phi) is 5.50. The average molecular weight is 437 g/mol. The highest BCUT2D eigenvalue weighted by Gasteiger charge is 2.20. The number of benzene rings is 2. The summed E-state index contributed by atoms with van der Waals surface area (Å²) in [6, 6.07) is 4.50. The van der Waals surface area contributed by atoms with Gasteiger partial charge in [0.1, 0.15) is 5.82 Å². The second-order valence-electron chi connectivity index (χ2n) is 3.88. The second-order valence-corrected chi connectivity index (χ2v) is 6.34. The average Bonchev–Trinajstić information content (AvgIpc) is 2.45. The SMILES string of the molecule is Fc1ccc(-c2c(Cl)c(Cl)c(Cl)c(Cl)c2Cl)cc1CBr. The summed E-state index contributed by atoms with van der Waals surface area (Å²) in [6.45, 7) is 0. The molecule has 7 heteroatoms. The van der Waals surface area contributed by atoms with E-state index in [1.54, 1.807) is 12.1 Å². The van der Waals surface area contributed by atoms with Crippen LogP contribution >= 0.6 is 73.9 Å². The minimum atomic E-state index is -0.330. The molecule has 0 heterocycles. The van der Waals surface area contributed by atoms with Crippen LogP contribution in [0.15, 0.2) is 18.2 Å². The molecule has 2 rings (SSSR count). The molecular formula is C13H5BrCl5F. The predicted molar refractivity (Wildman–Crippen MR) is 89.5 cm³/mol. The predicted octanol–water partition coefficient (Wildman–Crippen LogP) is 7.65. The van der Waals surface area contributed by atoms with Crippen molar-refractivity contribution in [1.82, 2.24) is 0 Å². The van der Waals surface area contributed by atoms with Gasteiger partial charge in [0.15, 0.2) is 0 Å². The minimum Gasteiger partial charge on any atom is -0.207 e. The van der Waals surface area contributed by atoms with E-state index < -0.39 is 0 Å². The Hall–Kier alpha value is 0.300. The third-order valence-electron chi connectivity index (χ3n) is 2.69. The zero-order chi connectivity index (χ0) is 15.0. The van der Waals surface area contributed by atoms with Crippen LogP contribution in [-0.4, -0.2) is 0 Å². The summed E-state index contributed by atoms with van der Waals surface area (Å²) in [5.74, 6) is -0.330. The summed E-state index contributed by atoms with van der Waals surface area (Å²) in [5, 5.41) is 1.04. The van der Waals surface area contributed by atoms with Crippen LogP contribution in [0.2, 0.25) is 25.1 Å². The van der Waals surface area contributed by atoms with E-state index in [0.717, 1.165) is 0 Å². The molecule has 0 N–H and O–H groups in total. The molecule has 0 spiro atoms. The lowest BCUT2D eigenvalue weighted by Gasteiger charge is -2.13. The Morgan fingerprint density at radius 1 is 0.850 bits per heavy atom. The zero-order valence-corrected chi connectivity index (χ0v) is 15.0. The maximum Gasteiger partial charge on any atom is 0.127 e. The molecule has 0 amide bonds. The molecule has 0 saturated heterocycles. The molecule has 0 aliphatic carbocycles. The summed E-state index contributed by atoms with van der Waals surface area (Å²) < 4.78 is 13.5. The lowest BCUT2D eigenvalue weighted by Crippen LogP contribution is -1.91. The van der Waals surface area contributed by atoms with Gasteiger partial charge in [-0.25, -0.2) is 4.39 Å². The first kappa shape index (κ1) is 16.7. The van der Waals surface area contributed by atoms with E-state index in [1.165, 1.54) is 6.07 Å². The molecule has 0 aliphatic rings. The Bertz CT molecular complexity index is 658. The van der Waals surface area contributed by atoms with E-state index in [-0.39, 0.29) is 30.9 Å². The van der Waals surface area contributed by atoms with Crippen molar-refractivity contribution in [1.29, 1.82) is 0 Å². The van der Waals surface area contributed by atoms with Crippen LogP contribution in [-0.2, 0) is 5.33 Å². The number of halogens is 7. The monoisotopic (exact) mass is 434 g/mol. The first-order valence-electron chi connectivity index (χ1n) is 5.24. The Balaban J connectivity index is 2.76. The lowest BCUT2D eigenvalue weighted by molar-refractivity contribution is 0.618. The van der Waals surface area contributed by atoms with Crippen LogP contribution < -0.4 is 0 Å². The molecule has 0 atom stereocenters. The number of hydrogen-bond donors (Lipinski definition) is 0. The summed E-state index contributed by atoms with van der Waals surface area (Å²) >= 11 is 33.6. The van der Waals surface area contributed by atoms with Gasteiger partial charge < -0.3 is 0 Å². The van der Waals surface area contributed by atoms with Crippen molar-refractivity contribution in [3.63, 3.8) is 0 Å². The third kappa shape index (κ3) is 2.92. The van der Waals surface area contributed by atoms with Crippen LogP contribution in [0.5, 0.6) is 0 Å². The zero-order valence-electron chi connectivity index (χ0n) is 9.58. The van der Waals surface area contributed by atoms with Crippen molar-refractivity contribution in [2.45, 2.75) is 5.33 Å². The van der Waals surface area contributed by atoms with E-state index in [2.05, 4.69) is 15.9 Å². The molecule has 0 unspecified atom stereocenters. The van der Waals surface area contributed by atoms with Gasteiger partial charge in [0.05, 0.1) is 25.1 Å². The Morgan fingerprint density at radius 3 is 1.85 bits per heavy atom. The van der Waals surface area contributed by atoms with Crippen LogP contribution in [0, 0.1) is 5.82 Å². The molecule has 2 aromatic rings. The van der Waals surface area contributed by atoms with Crippen LogP contribution in [0.3, 0.4) is 0 Å². The molecule has 106 valence electrons. The molecule has 0 aromatic heterocycles. The standard InChI is InChI=1S/C13H5BrCl5F/c14-4-6-3-5(1-2-7(6)20)8-9(15)11(17)13(19)12(18)10(8)16/h1-3H,4H2. The van der Waals surface area contributed by atoms with Crippen LogP contribution in [0.1, 0.15) is 5.56 Å². The molecule has 0 radical (unpaired) electrons. The van der Waals surface area contributed by atoms with Crippen molar-refractivity contribution in [2.24, 2.45) is 0 Å². The van der Waals surface area contributed by atoms with Gasteiger partial charge in [-0.05, 0) is 23.3 Å². The molecule has 20 heavy (non-hydrogen) atoms. The smallest absolute Gasteiger partial charge is 0.127 e. The topological polar surface area (TPSA) is 0 Å². The van der Waals surface area contributed by atoms with E-state index in [1.807, 2.05) is 0 Å². The highest BCUT2D eigenvalue weighted by molar-refractivity contribution is 9.08. The second kappa shape index (κ2) is 6.60. The van der Waals surface area contributed by atoms with E-state index in [4.69, 9.17) is 58.0 Å². The van der Waals surface area contributed by atoms with Crippen molar-refractivity contribution in [2.75, 3.05) is 0 Å². The highest BCUT2D eigenvalue weighted by atomic mass is 79.9. The van der Waals surface area contributed by atoms with Crippen molar-refractivity contribution < 1.29 is 4.39 Å². The van der Waals surface area contributed by atoms with Gasteiger partial charge in [-0.3, -0.25) is 0 Å². The van der Waals surface area contributed by atoms with E-state index in [9.17, 15) is 4.39 Å². The van der Waals surface area contributed by atoms with Crippen molar-refractivity contribution >= 4 is 73.9 Å². The Labute approximate surface area is 148 Å². The number of hydrogen-bond acceptors (Lipinski definition) is 0. The summed E-state index contributed by atoms with van der Waals surface area (Å²) in [4.78, 5) is 0. The fourth-order valence-electron chi connectivity index (χ4n) is 1.69. The molecular weight excluding hydrogens is 432 g/mol. The first-order chi connectivity index (χ1) is 9.38. The molecule has 2 aromatic carbocycles. The maximum absolute atomic E-state index is 13.5. The fraction of sp³-hybridized carbons (Fsp3) is 0.0769.